The average molecular weight is 736 g/mol. The molecule has 0 saturated carbocycles. The molecule has 0 saturated heterocycles. The van der Waals surface area contributed by atoms with E-state index in [9.17, 15) is 19.8 Å². The quantitative estimate of drug-likeness (QED) is 0.0330. The Morgan fingerprint density at radius 2 is 0.962 bits per heavy atom. The van der Waals surface area contributed by atoms with E-state index >= 15 is 0 Å². The lowest BCUT2D eigenvalue weighted by Gasteiger charge is -2.24. The van der Waals surface area contributed by atoms with Crippen molar-refractivity contribution in [3.63, 3.8) is 0 Å². The first-order valence-electron chi connectivity index (χ1n) is 22.9. The number of allylic oxidation sites excluding steroid dienone is 2. The molecule has 0 radical (unpaired) electrons. The molecule has 0 aliphatic carbocycles. The van der Waals surface area contributed by atoms with Gasteiger partial charge in [0.2, 0.25) is 5.91 Å². The predicted molar refractivity (Wildman–Crippen MR) is 223 cm³/mol. The van der Waals surface area contributed by atoms with Crippen LogP contribution in [0.5, 0.6) is 0 Å². The van der Waals surface area contributed by atoms with Gasteiger partial charge in [0.1, 0.15) is 6.10 Å². The topological polar surface area (TPSA) is 95.9 Å². The largest absolute Gasteiger partial charge is 0.462 e. The lowest BCUT2D eigenvalue weighted by molar-refractivity contribution is -0.151. The normalized spacial score (nSPS) is 13.4. The highest BCUT2D eigenvalue weighted by molar-refractivity contribution is 5.77. The Hall–Kier alpha value is -1.40. The zero-order valence-electron chi connectivity index (χ0n) is 35.0. The number of carbonyl (C=O) groups is 2. The fraction of sp³-hybridized carbons (Fsp3) is 0.913. The summed E-state index contributed by atoms with van der Waals surface area (Å²) >= 11 is 0. The van der Waals surface area contributed by atoms with Crippen LogP contribution in [0.15, 0.2) is 12.2 Å². The van der Waals surface area contributed by atoms with Gasteiger partial charge in [-0.1, -0.05) is 200 Å². The molecule has 308 valence electrons. The lowest BCUT2D eigenvalue weighted by Crippen LogP contribution is -2.46. The third-order valence-corrected chi connectivity index (χ3v) is 10.6. The summed E-state index contributed by atoms with van der Waals surface area (Å²) in [6.45, 7) is 6.39. The second kappa shape index (κ2) is 40.8. The van der Waals surface area contributed by atoms with Crippen molar-refractivity contribution in [2.75, 3.05) is 6.61 Å². The van der Waals surface area contributed by atoms with E-state index in [2.05, 4.69) is 38.2 Å². The summed E-state index contributed by atoms with van der Waals surface area (Å²) < 4.78 is 5.88. The molecule has 0 aromatic heterocycles. The van der Waals surface area contributed by atoms with Gasteiger partial charge >= 0.3 is 5.97 Å². The molecule has 3 N–H and O–H groups in total. The minimum absolute atomic E-state index is 0.0718. The summed E-state index contributed by atoms with van der Waals surface area (Å²) in [6, 6.07) is -0.696. The number of hydrogen-bond acceptors (Lipinski definition) is 5. The van der Waals surface area contributed by atoms with E-state index < -0.39 is 18.2 Å². The van der Waals surface area contributed by atoms with Crippen LogP contribution in [0.4, 0.5) is 0 Å². The summed E-state index contributed by atoms with van der Waals surface area (Å²) in [5.41, 5.74) is 0. The Kier molecular flexibility index (Phi) is 39.7. The Balaban J connectivity index is 4.42. The summed E-state index contributed by atoms with van der Waals surface area (Å²) in [4.78, 5) is 25.9. The van der Waals surface area contributed by atoms with Gasteiger partial charge in [0.15, 0.2) is 0 Å². The zero-order valence-corrected chi connectivity index (χ0v) is 35.0. The SMILES string of the molecule is CCC/C=C\CCCCCC(CC(=O)NC(CO)C(O)CCCCCCCCCCC)OC(=O)CCCCCCCCCCCCCCCCCC. The van der Waals surface area contributed by atoms with Gasteiger partial charge in [-0.25, -0.2) is 0 Å². The van der Waals surface area contributed by atoms with Crippen molar-refractivity contribution in [2.24, 2.45) is 0 Å². The summed E-state index contributed by atoms with van der Waals surface area (Å²) in [7, 11) is 0. The molecule has 3 unspecified atom stereocenters. The Morgan fingerprint density at radius 1 is 0.538 bits per heavy atom. The Morgan fingerprint density at radius 3 is 1.44 bits per heavy atom. The average Bonchev–Trinajstić information content (AvgIpc) is 3.13. The molecule has 1 amide bonds. The van der Waals surface area contributed by atoms with Crippen LogP contribution in [0, 0.1) is 0 Å². The maximum atomic E-state index is 13.1. The van der Waals surface area contributed by atoms with E-state index in [0.717, 1.165) is 70.6 Å². The summed E-state index contributed by atoms with van der Waals surface area (Å²) in [6.07, 6.45) is 42.9. The summed E-state index contributed by atoms with van der Waals surface area (Å²) in [5, 5.41) is 23.5. The monoisotopic (exact) mass is 736 g/mol. The smallest absolute Gasteiger partial charge is 0.306 e. The Bertz CT molecular complexity index is 787. The standard InChI is InChI=1S/C46H89NO5/c1-4-7-10-13-16-19-20-21-22-23-24-25-27-30-33-36-39-46(51)52-42(37-34-31-28-18-15-12-9-6-3)40-45(50)47-43(41-48)44(49)38-35-32-29-26-17-14-11-8-5-2/h12,15,42-44,48-49H,4-11,13-14,16-41H2,1-3H3,(H,47,50)/b15-12-. The molecule has 0 aromatic carbocycles. The Labute approximate surface area is 323 Å². The van der Waals surface area contributed by atoms with Gasteiger partial charge in [0.25, 0.3) is 0 Å². The highest BCUT2D eigenvalue weighted by Gasteiger charge is 2.24. The van der Waals surface area contributed by atoms with Crippen molar-refractivity contribution < 1.29 is 24.5 Å². The van der Waals surface area contributed by atoms with Crippen LogP contribution in [0.1, 0.15) is 245 Å². The number of nitrogens with one attached hydrogen (secondary N) is 1. The second-order valence-corrected chi connectivity index (χ2v) is 15.8. The number of unbranched alkanes of at least 4 members (excludes halogenated alkanes) is 27. The van der Waals surface area contributed by atoms with Crippen LogP contribution in [-0.2, 0) is 14.3 Å². The third-order valence-electron chi connectivity index (χ3n) is 10.6. The molecule has 0 aromatic rings. The minimum Gasteiger partial charge on any atom is -0.462 e. The molecule has 52 heavy (non-hydrogen) atoms. The third kappa shape index (κ3) is 35.6. The maximum Gasteiger partial charge on any atom is 0.306 e. The predicted octanol–water partition coefficient (Wildman–Crippen LogP) is 13.0. The first-order valence-corrected chi connectivity index (χ1v) is 22.9. The van der Waals surface area contributed by atoms with E-state index in [1.807, 2.05) is 0 Å². The van der Waals surface area contributed by atoms with Crippen molar-refractivity contribution in [3.05, 3.63) is 12.2 Å². The summed E-state index contributed by atoms with van der Waals surface area (Å²) in [5.74, 6) is -0.484. The number of carbonyl (C=O) groups excluding carboxylic acids is 2. The molecular weight excluding hydrogens is 647 g/mol. The van der Waals surface area contributed by atoms with Crippen LogP contribution in [0.3, 0.4) is 0 Å². The zero-order chi connectivity index (χ0) is 38.2. The number of rotatable bonds is 41. The van der Waals surface area contributed by atoms with Crippen LogP contribution >= 0.6 is 0 Å². The van der Waals surface area contributed by atoms with Crippen LogP contribution in [-0.4, -0.2) is 46.9 Å². The van der Waals surface area contributed by atoms with Gasteiger partial charge in [-0.05, 0) is 44.9 Å². The van der Waals surface area contributed by atoms with Gasteiger partial charge in [0, 0.05) is 6.42 Å². The number of ether oxygens (including phenoxy) is 1. The lowest BCUT2D eigenvalue weighted by atomic mass is 10.0. The van der Waals surface area contributed by atoms with Crippen molar-refractivity contribution >= 4 is 11.9 Å². The highest BCUT2D eigenvalue weighted by Crippen LogP contribution is 2.17. The van der Waals surface area contributed by atoms with Crippen molar-refractivity contribution in [1.29, 1.82) is 0 Å². The number of esters is 1. The van der Waals surface area contributed by atoms with E-state index in [0.29, 0.717) is 19.3 Å². The fourth-order valence-corrected chi connectivity index (χ4v) is 7.08. The number of amides is 1. The molecule has 0 spiro atoms. The second-order valence-electron chi connectivity index (χ2n) is 15.8. The van der Waals surface area contributed by atoms with Gasteiger partial charge < -0.3 is 20.3 Å². The molecular formula is C46H89NO5. The van der Waals surface area contributed by atoms with Crippen LogP contribution in [0.25, 0.3) is 0 Å². The highest BCUT2D eigenvalue weighted by atomic mass is 16.5. The van der Waals surface area contributed by atoms with Crippen molar-refractivity contribution in [2.45, 2.75) is 264 Å². The molecule has 0 heterocycles. The van der Waals surface area contributed by atoms with Crippen molar-refractivity contribution in [1.82, 2.24) is 5.32 Å². The molecule has 0 rings (SSSR count). The maximum absolute atomic E-state index is 13.1. The van der Waals surface area contributed by atoms with Crippen LogP contribution in [0.2, 0.25) is 0 Å². The first kappa shape index (κ1) is 50.6. The fourth-order valence-electron chi connectivity index (χ4n) is 7.08. The van der Waals surface area contributed by atoms with Gasteiger partial charge in [-0.15, -0.1) is 0 Å². The van der Waals surface area contributed by atoms with Gasteiger partial charge in [-0.3, -0.25) is 9.59 Å². The molecule has 0 bridgehead atoms. The van der Waals surface area contributed by atoms with E-state index in [4.69, 9.17) is 4.74 Å². The number of hydrogen-bond donors (Lipinski definition) is 3. The first-order chi connectivity index (χ1) is 25.5. The number of aliphatic hydroxyl groups is 2. The molecule has 0 aliphatic heterocycles. The van der Waals surface area contributed by atoms with Crippen molar-refractivity contribution in [3.8, 4) is 0 Å². The van der Waals surface area contributed by atoms with E-state index in [1.165, 1.54) is 128 Å². The molecule has 3 atom stereocenters. The van der Waals surface area contributed by atoms with E-state index in [-0.39, 0.29) is 24.9 Å². The molecule has 0 fully saturated rings. The van der Waals surface area contributed by atoms with Gasteiger partial charge in [-0.2, -0.15) is 0 Å². The molecule has 0 aliphatic rings. The molecule has 6 nitrogen and oxygen atoms in total. The number of aliphatic hydroxyl groups excluding tert-OH is 2. The van der Waals surface area contributed by atoms with Gasteiger partial charge in [0.05, 0.1) is 25.2 Å². The van der Waals surface area contributed by atoms with Crippen LogP contribution < -0.4 is 5.32 Å². The molecule has 6 heteroatoms. The van der Waals surface area contributed by atoms with E-state index in [1.54, 1.807) is 0 Å². The minimum atomic E-state index is -0.782.